The monoisotopic (exact) mass is 386 g/mol. The van der Waals surface area contributed by atoms with Gasteiger partial charge in [0.1, 0.15) is 0 Å². The van der Waals surface area contributed by atoms with Crippen LogP contribution in [-0.2, 0) is 34.1 Å². The number of aryl methyl sites for hydroxylation is 2. The summed E-state index contributed by atoms with van der Waals surface area (Å²) in [5, 5.41) is 0. The first kappa shape index (κ1) is 19.4. The Morgan fingerprint density at radius 3 is 2.33 bits per heavy atom. The van der Waals surface area contributed by atoms with Gasteiger partial charge < -0.3 is 4.90 Å². The number of nitrogens with one attached hydrogen (secondary N) is 1. The van der Waals surface area contributed by atoms with Crippen molar-refractivity contribution in [3.8, 4) is 0 Å². The Morgan fingerprint density at radius 2 is 1.74 bits per heavy atom. The molecule has 2 aromatic carbocycles. The van der Waals surface area contributed by atoms with E-state index in [1.165, 1.54) is 0 Å². The van der Waals surface area contributed by atoms with Gasteiger partial charge in [-0.05, 0) is 54.2 Å². The van der Waals surface area contributed by atoms with Gasteiger partial charge in [0, 0.05) is 18.7 Å². The van der Waals surface area contributed by atoms with Crippen LogP contribution in [0.3, 0.4) is 0 Å². The van der Waals surface area contributed by atoms with Crippen LogP contribution in [0.4, 0.5) is 11.4 Å². The van der Waals surface area contributed by atoms with Crippen LogP contribution in [0.15, 0.2) is 41.3 Å². The number of rotatable bonds is 6. The third kappa shape index (κ3) is 3.72. The second kappa shape index (κ2) is 7.72. The number of hydrogen-bond acceptors (Lipinski definition) is 3. The van der Waals surface area contributed by atoms with Crippen molar-refractivity contribution in [2.24, 2.45) is 0 Å². The average Bonchev–Trinajstić information content (AvgIpc) is 3.10. The second-order valence-corrected chi connectivity index (χ2v) is 8.39. The molecule has 0 bridgehead atoms. The molecule has 0 saturated heterocycles. The van der Waals surface area contributed by atoms with Crippen LogP contribution in [0.2, 0.25) is 0 Å². The highest BCUT2D eigenvalue weighted by Gasteiger charge is 2.26. The van der Waals surface area contributed by atoms with Gasteiger partial charge in [0.2, 0.25) is 5.91 Å². The van der Waals surface area contributed by atoms with E-state index in [1.807, 2.05) is 39.0 Å². The SMILES string of the molecule is CCC(=O)N1CCc2cc(S(=O)(=O)Nc3c(CC)cccc3CC)ccc21. The molecule has 1 N–H and O–H groups in total. The van der Waals surface area contributed by atoms with E-state index in [4.69, 9.17) is 0 Å². The molecule has 1 aliphatic heterocycles. The molecule has 3 rings (SSSR count). The molecule has 0 saturated carbocycles. The Bertz CT molecular complexity index is 945. The van der Waals surface area contributed by atoms with Gasteiger partial charge in [-0.25, -0.2) is 8.42 Å². The zero-order chi connectivity index (χ0) is 19.6. The molecule has 5 nitrogen and oxygen atoms in total. The lowest BCUT2D eigenvalue weighted by molar-refractivity contribution is -0.118. The highest BCUT2D eigenvalue weighted by molar-refractivity contribution is 7.92. The van der Waals surface area contributed by atoms with E-state index >= 15 is 0 Å². The number of nitrogens with zero attached hydrogens (tertiary/aromatic N) is 1. The fraction of sp³-hybridized carbons (Fsp3) is 0.381. The molecule has 6 heteroatoms. The van der Waals surface area contributed by atoms with Gasteiger partial charge in [-0.15, -0.1) is 0 Å². The Morgan fingerprint density at radius 1 is 1.07 bits per heavy atom. The first-order chi connectivity index (χ1) is 12.9. The summed E-state index contributed by atoms with van der Waals surface area (Å²) in [5.74, 6) is 0.0620. The first-order valence-electron chi connectivity index (χ1n) is 9.48. The van der Waals surface area contributed by atoms with E-state index in [-0.39, 0.29) is 10.8 Å². The van der Waals surface area contributed by atoms with Gasteiger partial charge in [0.25, 0.3) is 10.0 Å². The molecule has 0 unspecified atom stereocenters. The van der Waals surface area contributed by atoms with E-state index in [9.17, 15) is 13.2 Å². The van der Waals surface area contributed by atoms with Gasteiger partial charge in [-0.2, -0.15) is 0 Å². The summed E-state index contributed by atoms with van der Waals surface area (Å²) in [6.07, 6.45) is 2.62. The van der Waals surface area contributed by atoms with Crippen LogP contribution in [-0.4, -0.2) is 20.9 Å². The lowest BCUT2D eigenvalue weighted by Crippen LogP contribution is -2.27. The van der Waals surface area contributed by atoms with Gasteiger partial charge in [0.05, 0.1) is 10.6 Å². The van der Waals surface area contributed by atoms with Gasteiger partial charge in [0.15, 0.2) is 0 Å². The Balaban J connectivity index is 1.95. The maximum atomic E-state index is 13.0. The highest BCUT2D eigenvalue weighted by Crippen LogP contribution is 2.32. The van der Waals surface area contributed by atoms with E-state index < -0.39 is 10.0 Å². The Labute approximate surface area is 161 Å². The van der Waals surface area contributed by atoms with E-state index in [0.717, 1.165) is 35.2 Å². The molecule has 1 aliphatic rings. The van der Waals surface area contributed by atoms with Gasteiger partial charge in [-0.3, -0.25) is 9.52 Å². The van der Waals surface area contributed by atoms with E-state index in [0.29, 0.717) is 25.1 Å². The standard InChI is InChI=1S/C21H26N2O3S/c1-4-15-8-7-9-16(5-2)21(15)22-27(25,26)18-10-11-19-17(14-18)12-13-23(19)20(24)6-3/h7-11,14,22H,4-6,12-13H2,1-3H3. The second-order valence-electron chi connectivity index (χ2n) is 6.70. The number of para-hydroxylation sites is 1. The molecule has 0 radical (unpaired) electrons. The summed E-state index contributed by atoms with van der Waals surface area (Å²) in [6, 6.07) is 10.9. The first-order valence-corrected chi connectivity index (χ1v) is 11.0. The van der Waals surface area contributed by atoms with E-state index in [1.54, 1.807) is 23.1 Å². The maximum absolute atomic E-state index is 13.0. The van der Waals surface area contributed by atoms with Crippen molar-refractivity contribution in [3.63, 3.8) is 0 Å². The topological polar surface area (TPSA) is 66.5 Å². The van der Waals surface area contributed by atoms with Crippen molar-refractivity contribution in [2.45, 2.75) is 51.3 Å². The summed E-state index contributed by atoms with van der Waals surface area (Å²) in [4.78, 5) is 14.0. The van der Waals surface area contributed by atoms with Crippen molar-refractivity contribution in [1.29, 1.82) is 0 Å². The largest absolute Gasteiger partial charge is 0.312 e. The summed E-state index contributed by atoms with van der Waals surface area (Å²) in [6.45, 7) is 6.47. The smallest absolute Gasteiger partial charge is 0.261 e. The number of fused-ring (bicyclic) bond motifs is 1. The van der Waals surface area contributed by atoms with Crippen molar-refractivity contribution in [2.75, 3.05) is 16.2 Å². The number of benzene rings is 2. The quantitative estimate of drug-likeness (QED) is 0.818. The number of amides is 1. The molecule has 0 aliphatic carbocycles. The lowest BCUT2D eigenvalue weighted by Gasteiger charge is -2.18. The van der Waals surface area contributed by atoms with Crippen molar-refractivity contribution in [1.82, 2.24) is 0 Å². The third-order valence-electron chi connectivity index (χ3n) is 5.10. The van der Waals surface area contributed by atoms with Crippen LogP contribution in [0.5, 0.6) is 0 Å². The molecular weight excluding hydrogens is 360 g/mol. The minimum Gasteiger partial charge on any atom is -0.312 e. The van der Waals surface area contributed by atoms with Crippen molar-refractivity contribution in [3.05, 3.63) is 53.1 Å². The van der Waals surface area contributed by atoms with Crippen LogP contribution in [0, 0.1) is 0 Å². The fourth-order valence-corrected chi connectivity index (χ4v) is 4.76. The normalized spacial score (nSPS) is 13.5. The Kier molecular flexibility index (Phi) is 5.56. The van der Waals surface area contributed by atoms with E-state index in [2.05, 4.69) is 4.72 Å². The molecule has 1 heterocycles. The number of carbonyl (C=O) groups excluding carboxylic acids is 1. The zero-order valence-corrected chi connectivity index (χ0v) is 16.9. The molecule has 0 atom stereocenters. The van der Waals surface area contributed by atoms with Crippen LogP contribution in [0.25, 0.3) is 0 Å². The molecule has 27 heavy (non-hydrogen) atoms. The Hall–Kier alpha value is -2.34. The van der Waals surface area contributed by atoms with Crippen molar-refractivity contribution < 1.29 is 13.2 Å². The predicted molar refractivity (Wildman–Crippen MR) is 109 cm³/mol. The molecular formula is C21H26N2O3S. The average molecular weight is 387 g/mol. The van der Waals surface area contributed by atoms with Crippen LogP contribution >= 0.6 is 0 Å². The fourth-order valence-electron chi connectivity index (χ4n) is 3.56. The molecule has 0 spiro atoms. The summed E-state index contributed by atoms with van der Waals surface area (Å²) >= 11 is 0. The molecule has 2 aromatic rings. The molecule has 0 aromatic heterocycles. The summed E-state index contributed by atoms with van der Waals surface area (Å²) in [5.41, 5.74) is 4.38. The number of anilines is 2. The van der Waals surface area contributed by atoms with Crippen LogP contribution in [0.1, 0.15) is 43.9 Å². The lowest BCUT2D eigenvalue weighted by atomic mass is 10.0. The number of hydrogen-bond donors (Lipinski definition) is 1. The van der Waals surface area contributed by atoms with Crippen molar-refractivity contribution >= 4 is 27.3 Å². The third-order valence-corrected chi connectivity index (χ3v) is 6.44. The van der Waals surface area contributed by atoms with Gasteiger partial charge in [-0.1, -0.05) is 39.0 Å². The maximum Gasteiger partial charge on any atom is 0.261 e. The number of carbonyl (C=O) groups is 1. The minimum absolute atomic E-state index is 0.0620. The predicted octanol–water partition coefficient (Wildman–Crippen LogP) is 3.91. The zero-order valence-electron chi connectivity index (χ0n) is 16.1. The molecule has 1 amide bonds. The number of sulfonamides is 1. The summed E-state index contributed by atoms with van der Waals surface area (Å²) in [7, 11) is -3.70. The molecule has 144 valence electrons. The molecule has 0 fully saturated rings. The van der Waals surface area contributed by atoms with Gasteiger partial charge >= 0.3 is 0 Å². The van der Waals surface area contributed by atoms with Crippen LogP contribution < -0.4 is 9.62 Å². The summed E-state index contributed by atoms with van der Waals surface area (Å²) < 4.78 is 28.8. The minimum atomic E-state index is -3.70. The highest BCUT2D eigenvalue weighted by atomic mass is 32.2.